The van der Waals surface area contributed by atoms with Gasteiger partial charge in [0.1, 0.15) is 11.4 Å². The number of carbonyl (C=O) groups excluding carboxylic acids is 2. The van der Waals surface area contributed by atoms with E-state index in [1.54, 1.807) is 12.0 Å². The number of benzene rings is 2. The number of methoxy groups -OCH3 is 1. The van der Waals surface area contributed by atoms with Crippen molar-refractivity contribution in [3.63, 3.8) is 0 Å². The fraction of sp³-hybridized carbons (Fsp3) is 0.548. The number of nitrogens with zero attached hydrogens (tertiary/aromatic N) is 1. The quantitative estimate of drug-likeness (QED) is 0.400. The summed E-state index contributed by atoms with van der Waals surface area (Å²) in [6.07, 6.45) is 2.24. The Morgan fingerprint density at radius 2 is 1.72 bits per heavy atom. The second-order valence-electron chi connectivity index (χ2n) is 10.9. The molecule has 39 heavy (non-hydrogen) atoms. The number of likely N-dealkylation sites (tertiary alicyclic amines) is 1. The Kier molecular flexibility index (Phi) is 11.2. The van der Waals surface area contributed by atoms with Crippen molar-refractivity contribution in [3.8, 4) is 5.75 Å². The number of carbonyl (C=O) groups is 2. The Morgan fingerprint density at radius 3 is 2.31 bits per heavy atom. The van der Waals surface area contributed by atoms with Gasteiger partial charge < -0.3 is 29.2 Å². The van der Waals surface area contributed by atoms with Gasteiger partial charge in [0, 0.05) is 25.8 Å². The molecule has 0 bridgehead atoms. The van der Waals surface area contributed by atoms with Crippen LogP contribution in [-0.2, 0) is 33.7 Å². The molecule has 0 aliphatic carbocycles. The highest BCUT2D eigenvalue weighted by Gasteiger charge is 2.33. The molecular weight excluding hydrogens is 496 g/mol. The summed E-state index contributed by atoms with van der Waals surface area (Å²) >= 11 is 0. The molecule has 0 radical (unpaired) electrons. The minimum absolute atomic E-state index is 0.147. The van der Waals surface area contributed by atoms with Crippen molar-refractivity contribution in [3.05, 3.63) is 64.7 Å². The fourth-order valence-electron chi connectivity index (χ4n) is 4.70. The predicted molar refractivity (Wildman–Crippen MR) is 151 cm³/mol. The molecule has 1 aliphatic rings. The van der Waals surface area contributed by atoms with E-state index in [9.17, 15) is 9.59 Å². The highest BCUT2D eigenvalue weighted by molar-refractivity contribution is 5.95. The normalized spacial score (nSPS) is 17.8. The number of aryl methyl sites for hydroxylation is 2. The zero-order valence-corrected chi connectivity index (χ0v) is 24.2. The molecule has 2 atom stereocenters. The molecule has 2 aromatic carbocycles. The lowest BCUT2D eigenvalue weighted by molar-refractivity contribution is 0.00420. The van der Waals surface area contributed by atoms with Gasteiger partial charge in [0.25, 0.3) is 5.91 Å². The van der Waals surface area contributed by atoms with Crippen LogP contribution in [0.5, 0.6) is 5.75 Å². The first-order valence-corrected chi connectivity index (χ1v) is 13.9. The van der Waals surface area contributed by atoms with Gasteiger partial charge in [-0.05, 0) is 75.3 Å². The van der Waals surface area contributed by atoms with E-state index in [0.29, 0.717) is 44.5 Å². The summed E-state index contributed by atoms with van der Waals surface area (Å²) in [6.45, 7) is 11.0. The van der Waals surface area contributed by atoms with E-state index in [2.05, 4.69) is 5.32 Å². The topological polar surface area (TPSA) is 86.3 Å². The maximum Gasteiger partial charge on any atom is 0.410 e. The van der Waals surface area contributed by atoms with Gasteiger partial charge in [-0.1, -0.05) is 44.2 Å². The van der Waals surface area contributed by atoms with Crippen LogP contribution in [0.3, 0.4) is 0 Å². The second kappa shape index (κ2) is 14.3. The van der Waals surface area contributed by atoms with Crippen molar-refractivity contribution >= 4 is 12.0 Å². The summed E-state index contributed by atoms with van der Waals surface area (Å²) < 4.78 is 22.9. The lowest BCUT2D eigenvalue weighted by atomic mass is 9.99. The Morgan fingerprint density at radius 1 is 1.05 bits per heavy atom. The highest BCUT2D eigenvalue weighted by atomic mass is 16.7. The third-order valence-corrected chi connectivity index (χ3v) is 6.65. The summed E-state index contributed by atoms with van der Waals surface area (Å²) in [6, 6.07) is 13.3. The zero-order valence-electron chi connectivity index (χ0n) is 24.2. The average Bonchev–Trinajstić information content (AvgIpc) is 3.11. The molecule has 214 valence electrons. The number of hydrogen-bond acceptors (Lipinski definition) is 6. The van der Waals surface area contributed by atoms with Crippen molar-refractivity contribution in [1.82, 2.24) is 10.2 Å². The van der Waals surface area contributed by atoms with E-state index in [-0.39, 0.29) is 24.9 Å². The molecule has 8 nitrogen and oxygen atoms in total. The minimum atomic E-state index is -0.606. The fourth-order valence-corrected chi connectivity index (χ4v) is 4.70. The first-order chi connectivity index (χ1) is 18.6. The van der Waals surface area contributed by atoms with Gasteiger partial charge >= 0.3 is 6.09 Å². The molecule has 0 unspecified atom stereocenters. The van der Waals surface area contributed by atoms with E-state index >= 15 is 0 Å². The number of rotatable bonds is 10. The molecule has 0 aromatic heterocycles. The lowest BCUT2D eigenvalue weighted by Crippen LogP contribution is -2.51. The summed E-state index contributed by atoms with van der Waals surface area (Å²) in [5.74, 6) is 0.565. The maximum atomic E-state index is 13.6. The summed E-state index contributed by atoms with van der Waals surface area (Å²) in [5, 5.41) is 3.20. The zero-order chi connectivity index (χ0) is 28.4. The first kappa shape index (κ1) is 30.4. The van der Waals surface area contributed by atoms with Crippen molar-refractivity contribution in [2.24, 2.45) is 0 Å². The van der Waals surface area contributed by atoms with Gasteiger partial charge in [0.15, 0.2) is 6.79 Å². The Bertz CT molecular complexity index is 1060. The third-order valence-electron chi connectivity index (χ3n) is 6.65. The van der Waals surface area contributed by atoms with E-state index in [4.69, 9.17) is 18.9 Å². The Hall–Kier alpha value is -3.10. The molecule has 3 rings (SSSR count). The van der Waals surface area contributed by atoms with E-state index in [1.165, 1.54) is 0 Å². The molecule has 1 N–H and O–H groups in total. The SMILES string of the molecule is CCc1cc(C(=O)N[C@@H]2CN(C(=O)OC(C)(C)C)CCC[C@H]2OCc2ccccc2)cc(CC)c1OCOC. The Balaban J connectivity index is 1.85. The van der Waals surface area contributed by atoms with Gasteiger partial charge in [-0.15, -0.1) is 0 Å². The van der Waals surface area contributed by atoms with Crippen LogP contribution in [0.4, 0.5) is 4.79 Å². The number of ether oxygens (including phenoxy) is 4. The minimum Gasteiger partial charge on any atom is -0.467 e. The van der Waals surface area contributed by atoms with Gasteiger partial charge in [-0.3, -0.25) is 4.79 Å². The molecule has 0 spiro atoms. The Labute approximate surface area is 233 Å². The smallest absolute Gasteiger partial charge is 0.410 e. The van der Waals surface area contributed by atoms with Crippen LogP contribution >= 0.6 is 0 Å². The van der Waals surface area contributed by atoms with Crippen LogP contribution in [0, 0.1) is 0 Å². The lowest BCUT2D eigenvalue weighted by Gasteiger charge is -2.31. The molecular formula is C31H44N2O6. The number of hydrogen-bond donors (Lipinski definition) is 1. The molecule has 2 amide bonds. The van der Waals surface area contributed by atoms with Crippen LogP contribution in [-0.4, -0.2) is 61.6 Å². The number of nitrogens with one attached hydrogen (secondary N) is 1. The van der Waals surface area contributed by atoms with Crippen molar-refractivity contribution in [1.29, 1.82) is 0 Å². The van der Waals surface area contributed by atoms with Crippen LogP contribution < -0.4 is 10.1 Å². The third kappa shape index (κ3) is 8.97. The standard InChI is InChI=1S/C31H44N2O6/c1-7-23-17-25(18-24(8-2)28(23)38-21-36-6)29(34)32-26-19-33(30(35)39-31(3,4)5)16-12-15-27(26)37-20-22-13-10-9-11-14-22/h9-11,13-14,17-18,26-27H,7-8,12,15-16,19-21H2,1-6H3,(H,32,34)/t26-,27-/m1/s1. The summed E-state index contributed by atoms with van der Waals surface area (Å²) in [4.78, 5) is 28.3. The molecule has 2 aromatic rings. The van der Waals surface area contributed by atoms with Crippen LogP contribution in [0.1, 0.15) is 74.5 Å². The molecule has 1 saturated heterocycles. The summed E-state index contributed by atoms with van der Waals surface area (Å²) in [5.41, 5.74) is 2.91. The maximum absolute atomic E-state index is 13.6. The van der Waals surface area contributed by atoms with E-state index in [0.717, 1.165) is 28.9 Å². The monoisotopic (exact) mass is 540 g/mol. The first-order valence-electron chi connectivity index (χ1n) is 13.9. The molecule has 8 heteroatoms. The average molecular weight is 541 g/mol. The molecule has 1 aliphatic heterocycles. The molecule has 1 fully saturated rings. The largest absolute Gasteiger partial charge is 0.467 e. The van der Waals surface area contributed by atoms with Crippen LogP contribution in [0.25, 0.3) is 0 Å². The van der Waals surface area contributed by atoms with Crippen molar-refractivity contribution < 1.29 is 28.5 Å². The number of amides is 2. The van der Waals surface area contributed by atoms with Gasteiger partial charge in [-0.2, -0.15) is 0 Å². The molecule has 0 saturated carbocycles. The van der Waals surface area contributed by atoms with Gasteiger partial charge in [-0.25, -0.2) is 4.79 Å². The second-order valence-corrected chi connectivity index (χ2v) is 10.9. The molecule has 1 heterocycles. The highest BCUT2D eigenvalue weighted by Crippen LogP contribution is 2.28. The van der Waals surface area contributed by atoms with Gasteiger partial charge in [0.2, 0.25) is 0 Å². The van der Waals surface area contributed by atoms with E-state index < -0.39 is 11.6 Å². The predicted octanol–water partition coefficient (Wildman–Crippen LogP) is 5.51. The van der Waals surface area contributed by atoms with Crippen LogP contribution in [0.15, 0.2) is 42.5 Å². The van der Waals surface area contributed by atoms with Crippen molar-refractivity contribution in [2.75, 3.05) is 27.0 Å². The summed E-state index contributed by atoms with van der Waals surface area (Å²) in [7, 11) is 1.59. The van der Waals surface area contributed by atoms with Gasteiger partial charge in [0.05, 0.1) is 18.8 Å². The van der Waals surface area contributed by atoms with E-state index in [1.807, 2.05) is 77.1 Å². The van der Waals surface area contributed by atoms with Crippen molar-refractivity contribution in [2.45, 2.75) is 84.7 Å². The van der Waals surface area contributed by atoms with Crippen LogP contribution in [0.2, 0.25) is 0 Å².